The van der Waals surface area contributed by atoms with Crippen molar-refractivity contribution in [1.29, 1.82) is 0 Å². The van der Waals surface area contributed by atoms with Gasteiger partial charge in [0.2, 0.25) is 0 Å². The van der Waals surface area contributed by atoms with E-state index in [0.717, 1.165) is 0 Å². The van der Waals surface area contributed by atoms with E-state index in [1.165, 1.54) is 15.6 Å². The molecule has 1 atom stereocenters. The lowest BCUT2D eigenvalue weighted by molar-refractivity contribution is -0.153. The summed E-state index contributed by atoms with van der Waals surface area (Å²) in [5.41, 5.74) is 0.117. The Labute approximate surface area is 142 Å². The smallest absolute Gasteiger partial charge is 0.414 e. The summed E-state index contributed by atoms with van der Waals surface area (Å²) in [5.74, 6) is -1.72. The molecule has 0 bridgehead atoms. The summed E-state index contributed by atoms with van der Waals surface area (Å²) in [5, 5.41) is 4.13. The van der Waals surface area contributed by atoms with Crippen LogP contribution in [0.3, 0.4) is 0 Å². The van der Waals surface area contributed by atoms with Crippen molar-refractivity contribution in [2.45, 2.75) is 51.8 Å². The maximum atomic E-state index is 13.6. The van der Waals surface area contributed by atoms with Crippen molar-refractivity contribution in [3.63, 3.8) is 0 Å². The van der Waals surface area contributed by atoms with Gasteiger partial charge in [0, 0.05) is 12.6 Å². The number of carbonyl (C=O) groups excluding carboxylic acids is 1. The molecule has 0 aliphatic carbocycles. The number of hydrogen-bond donors (Lipinski definition) is 0. The molecule has 136 valence electrons. The van der Waals surface area contributed by atoms with Gasteiger partial charge in [-0.25, -0.2) is 14.3 Å². The molecule has 0 saturated carbocycles. The van der Waals surface area contributed by atoms with Gasteiger partial charge in [0.1, 0.15) is 11.5 Å². The zero-order valence-corrected chi connectivity index (χ0v) is 14.4. The number of alkyl halides is 3. The second kappa shape index (κ2) is 5.60. The number of aryl methyl sites for hydroxylation is 1. The van der Waals surface area contributed by atoms with E-state index in [1.54, 1.807) is 33.8 Å². The van der Waals surface area contributed by atoms with Gasteiger partial charge < -0.3 is 4.74 Å². The highest BCUT2D eigenvalue weighted by molar-refractivity contribution is 5.89. The van der Waals surface area contributed by atoms with E-state index in [1.807, 2.05) is 0 Å². The molecule has 0 radical (unpaired) electrons. The van der Waals surface area contributed by atoms with E-state index in [-0.39, 0.29) is 24.3 Å². The third-order valence-electron chi connectivity index (χ3n) is 3.89. The van der Waals surface area contributed by atoms with Crippen molar-refractivity contribution in [3.05, 3.63) is 23.7 Å². The summed E-state index contributed by atoms with van der Waals surface area (Å²) < 4.78 is 47.2. The number of nitrogens with zero attached hydrogens (tertiary/aromatic N) is 4. The van der Waals surface area contributed by atoms with Gasteiger partial charge in [-0.3, -0.25) is 4.90 Å². The Morgan fingerprint density at radius 1 is 1.32 bits per heavy atom. The average Bonchev–Trinajstić information content (AvgIpc) is 2.83. The fourth-order valence-corrected chi connectivity index (χ4v) is 2.93. The van der Waals surface area contributed by atoms with Crippen LogP contribution in [-0.2, 0) is 4.74 Å². The molecule has 0 spiro atoms. The van der Waals surface area contributed by atoms with Crippen LogP contribution in [0.2, 0.25) is 0 Å². The fourth-order valence-electron chi connectivity index (χ4n) is 2.93. The quantitative estimate of drug-likeness (QED) is 0.720. The summed E-state index contributed by atoms with van der Waals surface area (Å²) >= 11 is 0. The summed E-state index contributed by atoms with van der Waals surface area (Å²) in [6, 6.07) is 1.60. The molecule has 3 heterocycles. The molecule has 1 aliphatic rings. The fraction of sp³-hybridized carbons (Fsp3) is 0.562. The van der Waals surface area contributed by atoms with E-state index >= 15 is 0 Å². The van der Waals surface area contributed by atoms with Crippen molar-refractivity contribution in [2.24, 2.45) is 0 Å². The van der Waals surface area contributed by atoms with Gasteiger partial charge in [0.05, 0.1) is 23.3 Å². The molecule has 3 rings (SSSR count). The number of halogens is 3. The molecule has 1 amide bonds. The van der Waals surface area contributed by atoms with E-state index in [4.69, 9.17) is 4.74 Å². The Hall–Kier alpha value is -2.32. The number of carbonyl (C=O) groups is 1. The van der Waals surface area contributed by atoms with Crippen LogP contribution in [0.4, 0.5) is 23.7 Å². The topological polar surface area (TPSA) is 59.7 Å². The Morgan fingerprint density at radius 2 is 2.00 bits per heavy atom. The van der Waals surface area contributed by atoms with Crippen LogP contribution < -0.4 is 4.90 Å². The normalized spacial score (nSPS) is 18.4. The third kappa shape index (κ3) is 3.27. The first kappa shape index (κ1) is 17.5. The Morgan fingerprint density at radius 3 is 2.60 bits per heavy atom. The minimum Gasteiger partial charge on any atom is -0.443 e. The van der Waals surface area contributed by atoms with Crippen LogP contribution in [-0.4, -0.2) is 39.0 Å². The molecule has 0 aromatic carbocycles. The molecule has 1 aliphatic heterocycles. The number of aromatic nitrogens is 3. The van der Waals surface area contributed by atoms with Crippen molar-refractivity contribution in [2.75, 3.05) is 11.4 Å². The molecule has 0 saturated heterocycles. The van der Waals surface area contributed by atoms with Crippen molar-refractivity contribution >= 4 is 17.4 Å². The zero-order valence-electron chi connectivity index (χ0n) is 14.4. The molecule has 9 heteroatoms. The number of anilines is 1. The largest absolute Gasteiger partial charge is 0.443 e. The molecule has 6 nitrogen and oxygen atoms in total. The van der Waals surface area contributed by atoms with Crippen LogP contribution in [0.15, 0.2) is 12.3 Å². The standard InChI is InChI=1S/C16H19F3N4O2/c1-9-7-12-20-8-11-13(23(12)21-9)10(16(17,18)19)5-6-22(11)14(24)25-15(2,3)4/h7-8,10H,5-6H2,1-4H3. The minimum absolute atomic E-state index is 0.0808. The molecule has 2 aromatic rings. The number of fused-ring (bicyclic) bond motifs is 3. The first-order chi connectivity index (χ1) is 11.5. The Kier molecular flexibility index (Phi) is 3.92. The lowest BCUT2D eigenvalue weighted by Gasteiger charge is -2.35. The molecule has 0 N–H and O–H groups in total. The first-order valence-corrected chi connectivity index (χ1v) is 7.90. The van der Waals surface area contributed by atoms with Gasteiger partial charge in [-0.15, -0.1) is 0 Å². The van der Waals surface area contributed by atoms with Crippen LogP contribution in [0.5, 0.6) is 0 Å². The number of ether oxygens (including phenoxy) is 1. The predicted octanol–water partition coefficient (Wildman–Crippen LogP) is 3.83. The second-order valence-corrected chi connectivity index (χ2v) is 7.10. The lowest BCUT2D eigenvalue weighted by Crippen LogP contribution is -2.43. The number of hydrogen-bond acceptors (Lipinski definition) is 4. The molecular weight excluding hydrogens is 337 g/mol. The highest BCUT2D eigenvalue weighted by atomic mass is 19.4. The van der Waals surface area contributed by atoms with Crippen LogP contribution in [0.25, 0.3) is 5.65 Å². The first-order valence-electron chi connectivity index (χ1n) is 7.90. The maximum absolute atomic E-state index is 13.6. The second-order valence-electron chi connectivity index (χ2n) is 7.10. The van der Waals surface area contributed by atoms with Crippen molar-refractivity contribution in [3.8, 4) is 0 Å². The molecule has 2 aromatic heterocycles. The lowest BCUT2D eigenvalue weighted by atomic mass is 9.94. The molecule has 1 unspecified atom stereocenters. The van der Waals surface area contributed by atoms with Gasteiger partial charge in [0.15, 0.2) is 5.65 Å². The van der Waals surface area contributed by atoms with Gasteiger partial charge in [0.25, 0.3) is 0 Å². The zero-order chi connectivity index (χ0) is 18.6. The van der Waals surface area contributed by atoms with Crippen molar-refractivity contribution < 1.29 is 22.7 Å². The maximum Gasteiger partial charge on any atom is 0.414 e. The van der Waals surface area contributed by atoms with E-state index < -0.39 is 23.8 Å². The SMILES string of the molecule is Cc1cc2ncc3c(n2n1)C(C(F)(F)F)CCN3C(=O)OC(C)(C)C. The predicted molar refractivity (Wildman–Crippen MR) is 84.7 cm³/mol. The number of amides is 1. The summed E-state index contributed by atoms with van der Waals surface area (Å²) in [6.45, 7) is 6.68. The van der Waals surface area contributed by atoms with Gasteiger partial charge in [-0.05, 0) is 34.1 Å². The third-order valence-corrected chi connectivity index (χ3v) is 3.89. The summed E-state index contributed by atoms with van der Waals surface area (Å²) in [4.78, 5) is 17.8. The van der Waals surface area contributed by atoms with Gasteiger partial charge in [-0.1, -0.05) is 0 Å². The Bertz CT molecular complexity index is 823. The van der Waals surface area contributed by atoms with E-state index in [0.29, 0.717) is 11.3 Å². The van der Waals surface area contributed by atoms with Crippen LogP contribution >= 0.6 is 0 Å². The highest BCUT2D eigenvalue weighted by Gasteiger charge is 2.47. The summed E-state index contributed by atoms with van der Waals surface area (Å²) in [7, 11) is 0. The van der Waals surface area contributed by atoms with Gasteiger partial charge in [-0.2, -0.15) is 18.3 Å². The van der Waals surface area contributed by atoms with E-state index in [2.05, 4.69) is 10.1 Å². The average molecular weight is 356 g/mol. The van der Waals surface area contributed by atoms with Crippen LogP contribution in [0, 0.1) is 6.92 Å². The molecule has 25 heavy (non-hydrogen) atoms. The Balaban J connectivity index is 2.14. The monoisotopic (exact) mass is 356 g/mol. The molecular formula is C16H19F3N4O2. The highest BCUT2D eigenvalue weighted by Crippen LogP contribution is 2.44. The minimum atomic E-state index is -4.44. The van der Waals surface area contributed by atoms with Crippen molar-refractivity contribution in [1.82, 2.24) is 14.6 Å². The van der Waals surface area contributed by atoms with Gasteiger partial charge >= 0.3 is 12.3 Å². The molecule has 0 fully saturated rings. The van der Waals surface area contributed by atoms with Crippen LogP contribution in [0.1, 0.15) is 44.5 Å². The summed E-state index contributed by atoms with van der Waals surface area (Å²) in [6.07, 6.45) is -4.11. The number of rotatable bonds is 0. The van der Waals surface area contributed by atoms with E-state index in [9.17, 15) is 18.0 Å².